The lowest BCUT2D eigenvalue weighted by molar-refractivity contribution is 0.0215. The van der Waals surface area contributed by atoms with Crippen molar-refractivity contribution in [1.29, 1.82) is 5.26 Å². The molecule has 0 amide bonds. The summed E-state index contributed by atoms with van der Waals surface area (Å²) in [6, 6.07) is 2.25. The Balaban J connectivity index is 3.54. The van der Waals surface area contributed by atoms with Gasteiger partial charge in [0, 0.05) is 26.7 Å². The molecule has 0 aliphatic rings. The van der Waals surface area contributed by atoms with Crippen molar-refractivity contribution in [1.82, 2.24) is 5.32 Å². The predicted octanol–water partition coefficient (Wildman–Crippen LogP) is 1.34. The molecule has 106 valence electrons. The number of nitrogens with zero attached hydrogens (tertiary/aromatic N) is 1. The highest BCUT2D eigenvalue weighted by Crippen LogP contribution is 2.13. The normalized spacial score (nSPS) is 15.9. The molecule has 2 unspecified atom stereocenters. The second kappa shape index (κ2) is 10.3. The molecule has 0 bridgehead atoms. The van der Waals surface area contributed by atoms with Gasteiger partial charge in [0.1, 0.15) is 5.54 Å². The lowest BCUT2D eigenvalue weighted by atomic mass is 9.97. The minimum Gasteiger partial charge on any atom is -0.382 e. The van der Waals surface area contributed by atoms with Crippen molar-refractivity contribution in [3.05, 3.63) is 0 Å². The van der Waals surface area contributed by atoms with Crippen LogP contribution in [0.25, 0.3) is 0 Å². The molecule has 0 heterocycles. The molecule has 0 aliphatic heterocycles. The molecule has 5 nitrogen and oxygen atoms in total. The van der Waals surface area contributed by atoms with Gasteiger partial charge in [-0.1, -0.05) is 0 Å². The van der Waals surface area contributed by atoms with E-state index in [4.69, 9.17) is 19.5 Å². The number of hydrogen-bond donors (Lipinski definition) is 1. The lowest BCUT2D eigenvalue weighted by Gasteiger charge is -2.24. The van der Waals surface area contributed by atoms with Crippen LogP contribution in [0.1, 0.15) is 26.7 Å². The van der Waals surface area contributed by atoms with Crippen LogP contribution >= 0.6 is 0 Å². The van der Waals surface area contributed by atoms with Crippen molar-refractivity contribution >= 4 is 0 Å². The number of nitriles is 1. The average molecular weight is 258 g/mol. The van der Waals surface area contributed by atoms with E-state index in [2.05, 4.69) is 11.4 Å². The summed E-state index contributed by atoms with van der Waals surface area (Å²) in [5, 5.41) is 12.0. The van der Waals surface area contributed by atoms with E-state index in [1.165, 1.54) is 0 Å². The number of hydrogen-bond acceptors (Lipinski definition) is 5. The van der Waals surface area contributed by atoms with E-state index in [9.17, 15) is 0 Å². The monoisotopic (exact) mass is 258 g/mol. The molecule has 0 saturated heterocycles. The van der Waals surface area contributed by atoms with Crippen LogP contribution in [-0.2, 0) is 14.2 Å². The zero-order chi connectivity index (χ0) is 13.9. The SMILES string of the molecule is CNC(C)(C#N)CC(C)OCCCOCCOC. The third-order valence-electron chi connectivity index (χ3n) is 2.76. The first-order valence-electron chi connectivity index (χ1n) is 6.36. The third kappa shape index (κ3) is 8.43. The highest BCUT2D eigenvalue weighted by molar-refractivity contribution is 5.03. The summed E-state index contributed by atoms with van der Waals surface area (Å²) in [5.41, 5.74) is -0.519. The molecule has 1 N–H and O–H groups in total. The standard InChI is InChI=1S/C13H26N2O3/c1-12(10-13(2,11-14)15-3)18-7-5-6-17-9-8-16-4/h12,15H,5-10H2,1-4H3. The van der Waals surface area contributed by atoms with Crippen LogP contribution in [0.5, 0.6) is 0 Å². The van der Waals surface area contributed by atoms with Crippen LogP contribution in [0.3, 0.4) is 0 Å². The number of methoxy groups -OCH3 is 1. The van der Waals surface area contributed by atoms with Gasteiger partial charge in [0.15, 0.2) is 0 Å². The Labute approximate surface area is 110 Å². The lowest BCUT2D eigenvalue weighted by Crippen LogP contribution is -2.41. The van der Waals surface area contributed by atoms with Crippen LogP contribution in [0, 0.1) is 11.3 Å². The third-order valence-corrected chi connectivity index (χ3v) is 2.76. The Morgan fingerprint density at radius 1 is 1.28 bits per heavy atom. The van der Waals surface area contributed by atoms with Crippen LogP contribution in [0.15, 0.2) is 0 Å². The fourth-order valence-electron chi connectivity index (χ4n) is 1.53. The fourth-order valence-corrected chi connectivity index (χ4v) is 1.53. The van der Waals surface area contributed by atoms with Gasteiger partial charge in [-0.05, 0) is 27.3 Å². The molecule has 0 aromatic carbocycles. The molecule has 0 aromatic rings. The van der Waals surface area contributed by atoms with Gasteiger partial charge in [0.05, 0.1) is 25.4 Å². The van der Waals surface area contributed by atoms with Crippen molar-refractivity contribution < 1.29 is 14.2 Å². The van der Waals surface area contributed by atoms with Crippen molar-refractivity contribution in [2.75, 3.05) is 40.6 Å². The quantitative estimate of drug-likeness (QED) is 0.567. The smallest absolute Gasteiger partial charge is 0.106 e. The van der Waals surface area contributed by atoms with E-state index in [0.717, 1.165) is 6.42 Å². The summed E-state index contributed by atoms with van der Waals surface area (Å²) in [6.07, 6.45) is 1.59. The van der Waals surface area contributed by atoms with E-state index in [0.29, 0.717) is 32.8 Å². The molecule has 5 heteroatoms. The van der Waals surface area contributed by atoms with Crippen molar-refractivity contribution in [2.24, 2.45) is 0 Å². The highest BCUT2D eigenvalue weighted by Gasteiger charge is 2.24. The van der Waals surface area contributed by atoms with Gasteiger partial charge in [0.2, 0.25) is 0 Å². The van der Waals surface area contributed by atoms with Gasteiger partial charge in [0.25, 0.3) is 0 Å². The molecule has 2 atom stereocenters. The van der Waals surface area contributed by atoms with E-state index in [1.807, 2.05) is 13.8 Å². The molecular formula is C13H26N2O3. The Kier molecular flexibility index (Phi) is 9.89. The zero-order valence-electron chi connectivity index (χ0n) is 12.0. The van der Waals surface area contributed by atoms with E-state index in [1.54, 1.807) is 14.2 Å². The van der Waals surface area contributed by atoms with Gasteiger partial charge in [-0.2, -0.15) is 5.26 Å². The molecular weight excluding hydrogens is 232 g/mol. The second-order valence-electron chi connectivity index (χ2n) is 4.54. The number of nitrogens with one attached hydrogen (secondary N) is 1. The molecule has 0 spiro atoms. The first-order valence-corrected chi connectivity index (χ1v) is 6.36. The average Bonchev–Trinajstić information content (AvgIpc) is 2.37. The minimum absolute atomic E-state index is 0.0566. The van der Waals surface area contributed by atoms with Gasteiger partial charge >= 0.3 is 0 Å². The first-order chi connectivity index (χ1) is 8.58. The molecule has 0 aliphatic carbocycles. The predicted molar refractivity (Wildman–Crippen MR) is 70.4 cm³/mol. The Bertz CT molecular complexity index is 243. The van der Waals surface area contributed by atoms with Crippen molar-refractivity contribution in [2.45, 2.75) is 38.3 Å². The molecule has 0 rings (SSSR count). The molecule has 0 aromatic heterocycles. The maximum Gasteiger partial charge on any atom is 0.106 e. The van der Waals surface area contributed by atoms with Gasteiger partial charge in [-0.15, -0.1) is 0 Å². The Morgan fingerprint density at radius 3 is 2.56 bits per heavy atom. The topological polar surface area (TPSA) is 63.5 Å². The summed E-state index contributed by atoms with van der Waals surface area (Å²) in [5.74, 6) is 0. The van der Waals surface area contributed by atoms with Crippen LogP contribution in [-0.4, -0.2) is 52.2 Å². The van der Waals surface area contributed by atoms with Gasteiger partial charge in [-0.3, -0.25) is 0 Å². The molecule has 0 fully saturated rings. The molecule has 0 saturated carbocycles. The second-order valence-corrected chi connectivity index (χ2v) is 4.54. The largest absolute Gasteiger partial charge is 0.382 e. The Morgan fingerprint density at radius 2 is 2.00 bits per heavy atom. The summed E-state index contributed by atoms with van der Waals surface area (Å²) < 4.78 is 15.8. The molecule has 18 heavy (non-hydrogen) atoms. The highest BCUT2D eigenvalue weighted by atomic mass is 16.5. The summed E-state index contributed by atoms with van der Waals surface area (Å²) in [6.45, 7) is 6.44. The Hall–Kier alpha value is -0.670. The van der Waals surface area contributed by atoms with Gasteiger partial charge < -0.3 is 19.5 Å². The maximum absolute atomic E-state index is 9.03. The van der Waals surface area contributed by atoms with E-state index < -0.39 is 5.54 Å². The number of ether oxygens (including phenoxy) is 3. The zero-order valence-corrected chi connectivity index (χ0v) is 12.0. The fraction of sp³-hybridized carbons (Fsp3) is 0.923. The van der Waals surface area contributed by atoms with Crippen LogP contribution < -0.4 is 5.32 Å². The maximum atomic E-state index is 9.03. The van der Waals surface area contributed by atoms with Crippen LogP contribution in [0.2, 0.25) is 0 Å². The first kappa shape index (κ1) is 17.3. The summed E-state index contributed by atoms with van der Waals surface area (Å²) >= 11 is 0. The van der Waals surface area contributed by atoms with Crippen LogP contribution in [0.4, 0.5) is 0 Å². The van der Waals surface area contributed by atoms with E-state index >= 15 is 0 Å². The molecule has 0 radical (unpaired) electrons. The number of rotatable bonds is 11. The van der Waals surface area contributed by atoms with E-state index in [-0.39, 0.29) is 6.10 Å². The van der Waals surface area contributed by atoms with Crippen molar-refractivity contribution in [3.63, 3.8) is 0 Å². The van der Waals surface area contributed by atoms with Gasteiger partial charge in [-0.25, -0.2) is 0 Å². The summed E-state index contributed by atoms with van der Waals surface area (Å²) in [7, 11) is 3.45. The van der Waals surface area contributed by atoms with Crippen molar-refractivity contribution in [3.8, 4) is 6.07 Å². The minimum atomic E-state index is -0.519. The summed E-state index contributed by atoms with van der Waals surface area (Å²) in [4.78, 5) is 0.